The van der Waals surface area contributed by atoms with E-state index in [4.69, 9.17) is 4.98 Å². The van der Waals surface area contributed by atoms with Crippen molar-refractivity contribution in [2.24, 2.45) is 0 Å². The maximum absolute atomic E-state index is 4.84. The highest BCUT2D eigenvalue weighted by Gasteiger charge is 2.18. The van der Waals surface area contributed by atoms with E-state index >= 15 is 0 Å². The summed E-state index contributed by atoms with van der Waals surface area (Å²) in [7, 11) is 0. The number of hydrogen-bond donors (Lipinski definition) is 1. The number of thiazole rings is 1. The lowest BCUT2D eigenvalue weighted by Gasteiger charge is -2.17. The number of benzene rings is 1. The normalized spacial score (nSPS) is 12.6. The molecule has 0 aliphatic rings. The smallest absolute Gasteiger partial charge is 0.115 e. The zero-order valence-corrected chi connectivity index (χ0v) is 13.7. The lowest BCUT2D eigenvalue weighted by atomic mass is 10.0. The van der Waals surface area contributed by atoms with Crippen LogP contribution in [-0.4, -0.2) is 11.5 Å². The Morgan fingerprint density at radius 3 is 2.65 bits per heavy atom. The van der Waals surface area contributed by atoms with E-state index in [1.807, 2.05) is 11.3 Å². The Hall–Kier alpha value is -1.19. The van der Waals surface area contributed by atoms with Crippen molar-refractivity contribution >= 4 is 11.3 Å². The fraction of sp³-hybridized carbons (Fsp3) is 0.471. The molecular weight excluding hydrogens is 264 g/mol. The van der Waals surface area contributed by atoms with Gasteiger partial charge in [0, 0.05) is 4.88 Å². The van der Waals surface area contributed by atoms with E-state index in [9.17, 15) is 0 Å². The third kappa shape index (κ3) is 3.47. The van der Waals surface area contributed by atoms with Crippen LogP contribution >= 0.6 is 11.3 Å². The van der Waals surface area contributed by atoms with Crippen molar-refractivity contribution in [3.8, 4) is 0 Å². The van der Waals surface area contributed by atoms with E-state index < -0.39 is 0 Å². The highest BCUT2D eigenvalue weighted by Crippen LogP contribution is 2.29. The predicted molar refractivity (Wildman–Crippen MR) is 87.5 cm³/mol. The van der Waals surface area contributed by atoms with Crippen molar-refractivity contribution in [1.82, 2.24) is 10.3 Å². The van der Waals surface area contributed by atoms with Gasteiger partial charge in [0.25, 0.3) is 0 Å². The lowest BCUT2D eigenvalue weighted by Crippen LogP contribution is -2.23. The van der Waals surface area contributed by atoms with Gasteiger partial charge in [-0.3, -0.25) is 0 Å². The average molecular weight is 288 g/mol. The number of nitrogens with zero attached hydrogens (tertiary/aromatic N) is 1. The molecule has 1 aromatic heterocycles. The van der Waals surface area contributed by atoms with E-state index in [1.54, 1.807) is 0 Å². The van der Waals surface area contributed by atoms with E-state index in [2.05, 4.69) is 57.3 Å². The summed E-state index contributed by atoms with van der Waals surface area (Å²) in [6, 6.07) is 8.95. The van der Waals surface area contributed by atoms with Crippen LogP contribution in [0.4, 0.5) is 0 Å². The van der Waals surface area contributed by atoms with Crippen LogP contribution in [0, 0.1) is 13.8 Å². The third-order valence-electron chi connectivity index (χ3n) is 3.46. The first-order valence-electron chi connectivity index (χ1n) is 7.41. The minimum atomic E-state index is 0.221. The van der Waals surface area contributed by atoms with Crippen LogP contribution in [0.2, 0.25) is 0 Å². The first kappa shape index (κ1) is 15.2. The van der Waals surface area contributed by atoms with Crippen molar-refractivity contribution in [2.75, 3.05) is 6.54 Å². The van der Waals surface area contributed by atoms with Crippen LogP contribution in [0.15, 0.2) is 24.3 Å². The summed E-state index contributed by atoms with van der Waals surface area (Å²) < 4.78 is 0. The summed E-state index contributed by atoms with van der Waals surface area (Å²) in [5.41, 5.74) is 3.85. The monoisotopic (exact) mass is 288 g/mol. The first-order valence-corrected chi connectivity index (χ1v) is 8.23. The fourth-order valence-corrected chi connectivity index (χ4v) is 3.50. The molecule has 1 heterocycles. The summed E-state index contributed by atoms with van der Waals surface area (Å²) in [6.45, 7) is 9.70. The van der Waals surface area contributed by atoms with E-state index in [0.717, 1.165) is 19.4 Å². The SMILES string of the molecule is CCCNC(c1cccc(C)c1)c1nc(CC)c(C)s1. The molecule has 1 N–H and O–H groups in total. The molecule has 1 atom stereocenters. The quantitative estimate of drug-likeness (QED) is 0.851. The van der Waals surface area contributed by atoms with E-state index in [1.165, 1.54) is 26.7 Å². The van der Waals surface area contributed by atoms with Gasteiger partial charge < -0.3 is 5.32 Å². The topological polar surface area (TPSA) is 24.9 Å². The zero-order chi connectivity index (χ0) is 14.5. The minimum Gasteiger partial charge on any atom is -0.304 e. The zero-order valence-electron chi connectivity index (χ0n) is 12.9. The summed E-state index contributed by atoms with van der Waals surface area (Å²) in [4.78, 5) is 6.19. The molecule has 0 aliphatic heterocycles. The molecule has 3 heteroatoms. The molecule has 0 radical (unpaired) electrons. The second kappa shape index (κ2) is 7.00. The third-order valence-corrected chi connectivity index (χ3v) is 4.54. The van der Waals surface area contributed by atoms with Gasteiger partial charge in [-0.15, -0.1) is 11.3 Å². The number of rotatable bonds is 6. The molecule has 1 unspecified atom stereocenters. The van der Waals surface area contributed by atoms with Gasteiger partial charge in [0.2, 0.25) is 0 Å². The Morgan fingerprint density at radius 1 is 1.25 bits per heavy atom. The van der Waals surface area contributed by atoms with Gasteiger partial charge in [-0.2, -0.15) is 0 Å². The van der Waals surface area contributed by atoms with Crippen LogP contribution in [0.3, 0.4) is 0 Å². The Labute approximate surface area is 126 Å². The molecule has 20 heavy (non-hydrogen) atoms. The molecule has 2 nitrogen and oxygen atoms in total. The van der Waals surface area contributed by atoms with Crippen molar-refractivity contribution in [2.45, 2.75) is 46.6 Å². The van der Waals surface area contributed by atoms with Crippen molar-refractivity contribution in [3.63, 3.8) is 0 Å². The minimum absolute atomic E-state index is 0.221. The fourth-order valence-electron chi connectivity index (χ4n) is 2.39. The van der Waals surface area contributed by atoms with Gasteiger partial charge in [0.05, 0.1) is 11.7 Å². The van der Waals surface area contributed by atoms with E-state index in [0.29, 0.717) is 0 Å². The highest BCUT2D eigenvalue weighted by atomic mass is 32.1. The second-order valence-electron chi connectivity index (χ2n) is 5.21. The Kier molecular flexibility index (Phi) is 5.32. The van der Waals surface area contributed by atoms with Gasteiger partial charge in [0.15, 0.2) is 0 Å². The highest BCUT2D eigenvalue weighted by molar-refractivity contribution is 7.11. The van der Waals surface area contributed by atoms with Gasteiger partial charge in [0.1, 0.15) is 5.01 Å². The van der Waals surface area contributed by atoms with Crippen LogP contribution in [0.5, 0.6) is 0 Å². The summed E-state index contributed by atoms with van der Waals surface area (Å²) in [5.74, 6) is 0. The van der Waals surface area contributed by atoms with E-state index in [-0.39, 0.29) is 6.04 Å². The molecule has 0 aliphatic carbocycles. The maximum Gasteiger partial charge on any atom is 0.115 e. The van der Waals surface area contributed by atoms with Gasteiger partial charge >= 0.3 is 0 Å². The van der Waals surface area contributed by atoms with Crippen LogP contribution in [0.25, 0.3) is 0 Å². The summed E-state index contributed by atoms with van der Waals surface area (Å²) >= 11 is 1.82. The maximum atomic E-state index is 4.84. The molecule has 0 bridgehead atoms. The summed E-state index contributed by atoms with van der Waals surface area (Å²) in [5, 5.41) is 4.83. The van der Waals surface area contributed by atoms with Crippen LogP contribution in [0.1, 0.15) is 53.0 Å². The standard InChI is InChI=1S/C17H24N2S/c1-5-10-18-16(14-9-7-8-12(3)11-14)17-19-15(6-2)13(4)20-17/h7-9,11,16,18H,5-6,10H2,1-4H3. The molecule has 0 saturated carbocycles. The molecule has 0 fully saturated rings. The molecule has 2 rings (SSSR count). The van der Waals surface area contributed by atoms with Gasteiger partial charge in [-0.05, 0) is 38.8 Å². The molecular formula is C17H24N2S. The molecule has 0 saturated heterocycles. The van der Waals surface area contributed by atoms with Crippen molar-refractivity contribution in [1.29, 1.82) is 0 Å². The summed E-state index contributed by atoms with van der Waals surface area (Å²) in [6.07, 6.45) is 2.14. The Morgan fingerprint density at radius 2 is 2.05 bits per heavy atom. The number of nitrogens with one attached hydrogen (secondary N) is 1. The molecule has 0 spiro atoms. The molecule has 2 aromatic rings. The van der Waals surface area contributed by atoms with Gasteiger partial charge in [-0.25, -0.2) is 4.98 Å². The van der Waals surface area contributed by atoms with Crippen molar-refractivity contribution < 1.29 is 0 Å². The van der Waals surface area contributed by atoms with Crippen LogP contribution < -0.4 is 5.32 Å². The van der Waals surface area contributed by atoms with Crippen LogP contribution in [-0.2, 0) is 6.42 Å². The predicted octanol–water partition coefficient (Wildman–Crippen LogP) is 4.41. The number of aryl methyl sites for hydroxylation is 3. The van der Waals surface area contributed by atoms with Crippen molar-refractivity contribution in [3.05, 3.63) is 51.0 Å². The lowest BCUT2D eigenvalue weighted by molar-refractivity contribution is 0.594. The molecule has 0 amide bonds. The molecule has 1 aromatic carbocycles. The van der Waals surface area contributed by atoms with Gasteiger partial charge in [-0.1, -0.05) is 43.7 Å². The largest absolute Gasteiger partial charge is 0.304 e. The number of hydrogen-bond acceptors (Lipinski definition) is 3. The Bertz CT molecular complexity index is 560. The average Bonchev–Trinajstić information content (AvgIpc) is 2.80. The number of aromatic nitrogens is 1. The molecule has 108 valence electrons. The first-order chi connectivity index (χ1) is 9.65. The second-order valence-corrected chi connectivity index (χ2v) is 6.44. The Balaban J connectivity index is 2.35.